The van der Waals surface area contributed by atoms with Crippen molar-refractivity contribution in [2.45, 2.75) is 25.9 Å². The lowest BCUT2D eigenvalue weighted by Gasteiger charge is -2.35. The average molecular weight is 371 g/mol. The summed E-state index contributed by atoms with van der Waals surface area (Å²) in [6, 6.07) is 7.50. The Bertz CT molecular complexity index is 708. The summed E-state index contributed by atoms with van der Waals surface area (Å²) >= 11 is 0. The molecule has 1 aliphatic heterocycles. The van der Waals surface area contributed by atoms with Crippen LogP contribution in [-0.2, 0) is 22.7 Å². The van der Waals surface area contributed by atoms with E-state index in [1.165, 1.54) is 0 Å². The number of rotatable bonds is 7. The molecule has 1 aliphatic carbocycles. The second kappa shape index (κ2) is 8.00. The molecule has 2 aromatic heterocycles. The van der Waals surface area contributed by atoms with Crippen molar-refractivity contribution in [2.75, 3.05) is 32.7 Å². The van der Waals surface area contributed by atoms with Crippen molar-refractivity contribution in [3.8, 4) is 0 Å². The molecule has 2 aromatic rings. The highest BCUT2D eigenvalue weighted by atomic mass is 16.3. The monoisotopic (exact) mass is 371 g/mol. The molecule has 0 unspecified atom stereocenters. The molecule has 2 aliphatic rings. The van der Waals surface area contributed by atoms with Gasteiger partial charge in [0.15, 0.2) is 0 Å². The van der Waals surface area contributed by atoms with Gasteiger partial charge >= 0.3 is 0 Å². The van der Waals surface area contributed by atoms with E-state index in [9.17, 15) is 9.59 Å². The molecule has 2 fully saturated rings. The van der Waals surface area contributed by atoms with Crippen molar-refractivity contribution < 1.29 is 18.4 Å². The van der Waals surface area contributed by atoms with Crippen molar-refractivity contribution in [3.63, 3.8) is 0 Å². The van der Waals surface area contributed by atoms with Crippen LogP contribution in [0.1, 0.15) is 24.4 Å². The van der Waals surface area contributed by atoms with Crippen LogP contribution < -0.4 is 0 Å². The van der Waals surface area contributed by atoms with E-state index in [0.717, 1.165) is 24.4 Å². The van der Waals surface area contributed by atoms with Gasteiger partial charge in [-0.3, -0.25) is 14.5 Å². The maximum Gasteiger partial charge on any atom is 0.236 e. The Morgan fingerprint density at radius 1 is 0.926 bits per heavy atom. The average Bonchev–Trinajstić information content (AvgIpc) is 3.16. The van der Waals surface area contributed by atoms with Crippen LogP contribution in [0.4, 0.5) is 0 Å². The summed E-state index contributed by atoms with van der Waals surface area (Å²) in [6.07, 6.45) is 5.32. The maximum atomic E-state index is 12.8. The highest BCUT2D eigenvalue weighted by Crippen LogP contribution is 2.31. The first kappa shape index (κ1) is 17.9. The van der Waals surface area contributed by atoms with Crippen LogP contribution in [0.15, 0.2) is 45.6 Å². The molecule has 0 spiro atoms. The lowest BCUT2D eigenvalue weighted by Crippen LogP contribution is -2.52. The van der Waals surface area contributed by atoms with Gasteiger partial charge in [0.1, 0.15) is 11.5 Å². The molecular formula is C20H25N3O4. The number of furan rings is 2. The van der Waals surface area contributed by atoms with Crippen molar-refractivity contribution in [1.29, 1.82) is 0 Å². The van der Waals surface area contributed by atoms with Gasteiger partial charge in [0.2, 0.25) is 11.8 Å². The Morgan fingerprint density at radius 3 is 1.96 bits per heavy atom. The van der Waals surface area contributed by atoms with Gasteiger partial charge in [-0.05, 0) is 37.1 Å². The second-order valence-corrected chi connectivity index (χ2v) is 7.28. The molecule has 0 radical (unpaired) electrons. The lowest BCUT2D eigenvalue weighted by molar-refractivity contribution is -0.141. The summed E-state index contributed by atoms with van der Waals surface area (Å²) < 4.78 is 10.9. The number of carbonyl (C=O) groups is 2. The molecule has 27 heavy (non-hydrogen) atoms. The highest BCUT2D eigenvalue weighted by molar-refractivity contribution is 5.82. The third kappa shape index (κ3) is 4.60. The fourth-order valence-corrected chi connectivity index (χ4v) is 3.47. The van der Waals surface area contributed by atoms with Gasteiger partial charge in [-0.1, -0.05) is 0 Å². The molecule has 1 saturated carbocycles. The molecular weight excluding hydrogens is 346 g/mol. The molecule has 0 bridgehead atoms. The van der Waals surface area contributed by atoms with Gasteiger partial charge in [0.25, 0.3) is 0 Å². The standard InChI is InChI=1S/C20H25N3O4/c24-19(22-7-9-23(10-8-22)20(25)16-5-6-16)15-21(13-17-3-1-11-26-17)14-18-4-2-12-27-18/h1-4,11-12,16H,5-10,13-15H2. The smallest absolute Gasteiger partial charge is 0.236 e. The van der Waals surface area contributed by atoms with Crippen LogP contribution in [0.5, 0.6) is 0 Å². The Kier molecular flexibility index (Phi) is 5.29. The van der Waals surface area contributed by atoms with Crippen LogP contribution in [0.2, 0.25) is 0 Å². The minimum absolute atomic E-state index is 0.0756. The minimum Gasteiger partial charge on any atom is -0.468 e. The summed E-state index contributed by atoms with van der Waals surface area (Å²) in [5.74, 6) is 2.21. The van der Waals surface area contributed by atoms with Crippen molar-refractivity contribution in [1.82, 2.24) is 14.7 Å². The Hall–Kier alpha value is -2.54. The summed E-state index contributed by atoms with van der Waals surface area (Å²) in [5.41, 5.74) is 0. The van der Waals surface area contributed by atoms with E-state index in [0.29, 0.717) is 39.3 Å². The molecule has 0 N–H and O–H groups in total. The fourth-order valence-electron chi connectivity index (χ4n) is 3.47. The molecule has 4 rings (SSSR count). The number of piperazine rings is 1. The summed E-state index contributed by atoms with van der Waals surface area (Å²) in [5, 5.41) is 0. The van der Waals surface area contributed by atoms with Crippen LogP contribution in [-0.4, -0.2) is 59.2 Å². The molecule has 7 heteroatoms. The summed E-state index contributed by atoms with van der Waals surface area (Å²) in [4.78, 5) is 30.7. The van der Waals surface area contributed by atoms with E-state index in [-0.39, 0.29) is 24.3 Å². The number of hydrogen-bond donors (Lipinski definition) is 0. The van der Waals surface area contributed by atoms with Crippen molar-refractivity contribution in [3.05, 3.63) is 48.3 Å². The first-order chi connectivity index (χ1) is 13.2. The first-order valence-corrected chi connectivity index (χ1v) is 9.53. The second-order valence-electron chi connectivity index (χ2n) is 7.28. The Labute approximate surface area is 158 Å². The van der Waals surface area contributed by atoms with E-state index in [2.05, 4.69) is 0 Å². The zero-order chi connectivity index (χ0) is 18.6. The molecule has 2 amide bonds. The largest absolute Gasteiger partial charge is 0.468 e. The zero-order valence-corrected chi connectivity index (χ0v) is 15.4. The third-order valence-electron chi connectivity index (χ3n) is 5.15. The van der Waals surface area contributed by atoms with Crippen molar-refractivity contribution >= 4 is 11.8 Å². The zero-order valence-electron chi connectivity index (χ0n) is 15.4. The number of carbonyl (C=O) groups excluding carboxylic acids is 2. The van der Waals surface area contributed by atoms with Gasteiger partial charge < -0.3 is 18.6 Å². The van der Waals surface area contributed by atoms with E-state index < -0.39 is 0 Å². The molecule has 7 nitrogen and oxygen atoms in total. The predicted octanol–water partition coefficient (Wildman–Crippen LogP) is 1.96. The van der Waals surface area contributed by atoms with Gasteiger partial charge in [0.05, 0.1) is 32.2 Å². The SMILES string of the molecule is O=C(CN(Cc1ccco1)Cc1ccco1)N1CCN(C(=O)C2CC2)CC1. The predicted molar refractivity (Wildman–Crippen MR) is 97.4 cm³/mol. The van der Waals surface area contributed by atoms with Gasteiger partial charge in [-0.25, -0.2) is 0 Å². The molecule has 3 heterocycles. The van der Waals surface area contributed by atoms with Crippen molar-refractivity contribution in [2.24, 2.45) is 5.92 Å². The Morgan fingerprint density at radius 2 is 1.48 bits per heavy atom. The van der Waals surface area contributed by atoms with Crippen LogP contribution in [0.25, 0.3) is 0 Å². The van der Waals surface area contributed by atoms with E-state index in [1.54, 1.807) is 12.5 Å². The number of amides is 2. The first-order valence-electron chi connectivity index (χ1n) is 9.53. The fraction of sp³-hybridized carbons (Fsp3) is 0.500. The normalized spacial score (nSPS) is 17.5. The summed E-state index contributed by atoms with van der Waals surface area (Å²) in [6.45, 7) is 3.85. The Balaban J connectivity index is 1.32. The quantitative estimate of drug-likeness (QED) is 0.744. The van der Waals surface area contributed by atoms with E-state index >= 15 is 0 Å². The van der Waals surface area contributed by atoms with E-state index in [1.807, 2.05) is 39.0 Å². The molecule has 144 valence electrons. The topological polar surface area (TPSA) is 70.1 Å². The maximum absolute atomic E-state index is 12.8. The van der Waals surface area contributed by atoms with Gasteiger partial charge in [0, 0.05) is 32.1 Å². The van der Waals surface area contributed by atoms with Gasteiger partial charge in [-0.2, -0.15) is 0 Å². The molecule has 0 aromatic carbocycles. The summed E-state index contributed by atoms with van der Waals surface area (Å²) in [7, 11) is 0. The molecule has 0 atom stereocenters. The van der Waals surface area contributed by atoms with Crippen LogP contribution in [0.3, 0.4) is 0 Å². The number of nitrogens with zero attached hydrogens (tertiary/aromatic N) is 3. The molecule has 1 saturated heterocycles. The van der Waals surface area contributed by atoms with Crippen LogP contribution >= 0.6 is 0 Å². The van der Waals surface area contributed by atoms with E-state index in [4.69, 9.17) is 8.83 Å². The van der Waals surface area contributed by atoms with Gasteiger partial charge in [-0.15, -0.1) is 0 Å². The lowest BCUT2D eigenvalue weighted by atomic mass is 10.2. The minimum atomic E-state index is 0.0756. The van der Waals surface area contributed by atoms with Crippen LogP contribution in [0, 0.1) is 5.92 Å². The highest BCUT2D eigenvalue weighted by Gasteiger charge is 2.35. The number of hydrogen-bond acceptors (Lipinski definition) is 5. The third-order valence-corrected chi connectivity index (χ3v) is 5.15.